The van der Waals surface area contributed by atoms with Crippen molar-refractivity contribution in [2.45, 2.75) is 59.0 Å². The standard InChI is InChI=1S/C22H35N3O2/c1-16(2)21(25-12-10-17(3)11-13-25)15-23-22(27)14-20(24-18(4)26)19-8-6-5-7-9-19/h5-9,16-17,20-21H,10-15H2,1-4H3,(H,23,27)(H,24,26). The molecule has 2 unspecified atom stereocenters. The lowest BCUT2D eigenvalue weighted by atomic mass is 9.94. The number of nitrogens with zero attached hydrogens (tertiary/aromatic N) is 1. The number of hydrogen-bond donors (Lipinski definition) is 2. The van der Waals surface area contributed by atoms with Gasteiger partial charge in [-0.05, 0) is 43.3 Å². The zero-order valence-corrected chi connectivity index (χ0v) is 17.2. The number of hydrogen-bond acceptors (Lipinski definition) is 3. The SMILES string of the molecule is CC(=O)NC(CC(=O)NCC(C(C)C)N1CCC(C)CC1)c1ccccc1. The molecule has 2 amide bonds. The molecular weight excluding hydrogens is 338 g/mol. The van der Waals surface area contributed by atoms with Gasteiger partial charge in [0, 0.05) is 19.5 Å². The van der Waals surface area contributed by atoms with Crippen molar-refractivity contribution in [2.75, 3.05) is 19.6 Å². The molecule has 2 N–H and O–H groups in total. The summed E-state index contributed by atoms with van der Waals surface area (Å²) in [7, 11) is 0. The van der Waals surface area contributed by atoms with Gasteiger partial charge in [-0.2, -0.15) is 0 Å². The van der Waals surface area contributed by atoms with Crippen molar-refractivity contribution in [2.24, 2.45) is 11.8 Å². The molecule has 2 rings (SSSR count). The molecule has 5 heteroatoms. The minimum absolute atomic E-state index is 0.0198. The molecule has 27 heavy (non-hydrogen) atoms. The van der Waals surface area contributed by atoms with Gasteiger partial charge in [0.2, 0.25) is 11.8 Å². The third-order valence-electron chi connectivity index (χ3n) is 5.53. The second-order valence-electron chi connectivity index (χ2n) is 8.20. The predicted molar refractivity (Wildman–Crippen MR) is 109 cm³/mol. The number of amides is 2. The topological polar surface area (TPSA) is 61.4 Å². The zero-order chi connectivity index (χ0) is 19.8. The van der Waals surface area contributed by atoms with Crippen molar-refractivity contribution in [1.29, 1.82) is 0 Å². The summed E-state index contributed by atoms with van der Waals surface area (Å²) in [5, 5.41) is 6.01. The molecule has 2 atom stereocenters. The number of benzene rings is 1. The molecular formula is C22H35N3O2. The van der Waals surface area contributed by atoms with Crippen LogP contribution in [-0.4, -0.2) is 42.4 Å². The summed E-state index contributed by atoms with van der Waals surface area (Å²) >= 11 is 0. The van der Waals surface area contributed by atoms with Gasteiger partial charge in [-0.3, -0.25) is 14.5 Å². The van der Waals surface area contributed by atoms with Crippen LogP contribution in [0.2, 0.25) is 0 Å². The molecule has 5 nitrogen and oxygen atoms in total. The predicted octanol–water partition coefficient (Wildman–Crippen LogP) is 3.13. The lowest BCUT2D eigenvalue weighted by Crippen LogP contribution is -2.50. The summed E-state index contributed by atoms with van der Waals surface area (Å²) < 4.78 is 0. The van der Waals surface area contributed by atoms with Crippen molar-refractivity contribution in [3.63, 3.8) is 0 Å². The highest BCUT2D eigenvalue weighted by molar-refractivity contribution is 5.79. The summed E-state index contributed by atoms with van der Waals surface area (Å²) in [6.45, 7) is 11.1. The third kappa shape index (κ3) is 6.98. The Labute approximate surface area is 163 Å². The molecule has 1 saturated heterocycles. The highest BCUT2D eigenvalue weighted by atomic mass is 16.2. The van der Waals surface area contributed by atoms with Crippen LogP contribution in [0.5, 0.6) is 0 Å². The summed E-state index contributed by atoms with van der Waals surface area (Å²) in [6, 6.07) is 9.73. The van der Waals surface area contributed by atoms with Crippen molar-refractivity contribution in [1.82, 2.24) is 15.5 Å². The molecule has 0 aromatic heterocycles. The Balaban J connectivity index is 1.92. The van der Waals surface area contributed by atoms with Crippen molar-refractivity contribution < 1.29 is 9.59 Å². The normalized spacial score (nSPS) is 18.1. The molecule has 1 heterocycles. The summed E-state index contributed by atoms with van der Waals surface area (Å²) in [5.74, 6) is 1.14. The molecule has 1 fully saturated rings. The Morgan fingerprint density at radius 1 is 1.15 bits per heavy atom. The van der Waals surface area contributed by atoms with Crippen molar-refractivity contribution in [3.8, 4) is 0 Å². The maximum Gasteiger partial charge on any atom is 0.222 e. The molecule has 1 aliphatic rings. The van der Waals surface area contributed by atoms with E-state index in [9.17, 15) is 9.59 Å². The van der Waals surface area contributed by atoms with Gasteiger partial charge in [0.1, 0.15) is 0 Å². The Kier molecular flexibility index (Phi) is 8.29. The van der Waals surface area contributed by atoms with E-state index in [1.807, 2.05) is 30.3 Å². The fourth-order valence-electron chi connectivity index (χ4n) is 3.81. The molecule has 0 saturated carbocycles. The molecule has 150 valence electrons. The first kappa shape index (κ1) is 21.4. The highest BCUT2D eigenvalue weighted by Crippen LogP contribution is 2.21. The maximum absolute atomic E-state index is 12.6. The molecule has 0 aliphatic carbocycles. The number of carbonyl (C=O) groups is 2. The zero-order valence-electron chi connectivity index (χ0n) is 17.2. The van der Waals surface area contributed by atoms with Gasteiger partial charge in [-0.1, -0.05) is 51.1 Å². The summed E-state index contributed by atoms with van der Waals surface area (Å²) in [4.78, 5) is 26.7. The largest absolute Gasteiger partial charge is 0.354 e. The number of carbonyl (C=O) groups excluding carboxylic acids is 2. The van der Waals surface area contributed by atoms with Gasteiger partial charge in [0.25, 0.3) is 0 Å². The Bertz CT molecular complexity index is 595. The van der Waals surface area contributed by atoms with Crippen LogP contribution in [-0.2, 0) is 9.59 Å². The van der Waals surface area contributed by atoms with E-state index in [-0.39, 0.29) is 24.3 Å². The van der Waals surface area contributed by atoms with E-state index in [1.54, 1.807) is 0 Å². The third-order valence-corrected chi connectivity index (χ3v) is 5.53. The van der Waals surface area contributed by atoms with Crippen molar-refractivity contribution >= 4 is 11.8 Å². The van der Waals surface area contributed by atoms with Gasteiger partial charge in [0.05, 0.1) is 12.5 Å². The van der Waals surface area contributed by atoms with Crippen LogP contribution in [0.1, 0.15) is 58.6 Å². The molecule has 0 bridgehead atoms. The van der Waals surface area contributed by atoms with Gasteiger partial charge >= 0.3 is 0 Å². The monoisotopic (exact) mass is 373 g/mol. The first-order chi connectivity index (χ1) is 12.9. The fourth-order valence-corrected chi connectivity index (χ4v) is 3.81. The van der Waals surface area contributed by atoms with Crippen LogP contribution < -0.4 is 10.6 Å². The second-order valence-corrected chi connectivity index (χ2v) is 8.20. The minimum atomic E-state index is -0.294. The Morgan fingerprint density at radius 3 is 2.33 bits per heavy atom. The number of likely N-dealkylation sites (tertiary alicyclic amines) is 1. The van der Waals surface area contributed by atoms with Gasteiger partial charge in [-0.25, -0.2) is 0 Å². The van der Waals surface area contributed by atoms with E-state index in [1.165, 1.54) is 19.8 Å². The number of rotatable bonds is 8. The minimum Gasteiger partial charge on any atom is -0.354 e. The summed E-state index contributed by atoms with van der Waals surface area (Å²) in [5.41, 5.74) is 0.952. The van der Waals surface area contributed by atoms with Crippen LogP contribution in [0.15, 0.2) is 30.3 Å². The molecule has 1 aliphatic heterocycles. The lowest BCUT2D eigenvalue weighted by Gasteiger charge is -2.39. The smallest absolute Gasteiger partial charge is 0.222 e. The molecule has 1 aromatic carbocycles. The quantitative estimate of drug-likeness (QED) is 0.736. The molecule has 0 radical (unpaired) electrons. The van der Waals surface area contributed by atoms with E-state index in [0.29, 0.717) is 18.5 Å². The van der Waals surface area contributed by atoms with Crippen LogP contribution in [0.3, 0.4) is 0 Å². The number of piperidine rings is 1. The van der Waals surface area contributed by atoms with Gasteiger partial charge in [0.15, 0.2) is 0 Å². The average Bonchev–Trinajstić information content (AvgIpc) is 2.63. The van der Waals surface area contributed by atoms with Crippen LogP contribution in [0.4, 0.5) is 0 Å². The van der Waals surface area contributed by atoms with Gasteiger partial charge in [-0.15, -0.1) is 0 Å². The maximum atomic E-state index is 12.6. The Hall–Kier alpha value is -1.88. The lowest BCUT2D eigenvalue weighted by molar-refractivity contribution is -0.123. The van der Waals surface area contributed by atoms with E-state index in [0.717, 1.165) is 24.6 Å². The number of nitrogens with one attached hydrogen (secondary N) is 2. The van der Waals surface area contributed by atoms with Crippen LogP contribution in [0, 0.1) is 11.8 Å². The van der Waals surface area contributed by atoms with E-state index < -0.39 is 0 Å². The Morgan fingerprint density at radius 2 is 1.78 bits per heavy atom. The van der Waals surface area contributed by atoms with E-state index in [4.69, 9.17) is 0 Å². The summed E-state index contributed by atoms with van der Waals surface area (Å²) in [6.07, 6.45) is 2.72. The fraction of sp³-hybridized carbons (Fsp3) is 0.636. The van der Waals surface area contributed by atoms with Crippen molar-refractivity contribution in [3.05, 3.63) is 35.9 Å². The van der Waals surface area contributed by atoms with Crippen LogP contribution >= 0.6 is 0 Å². The second kappa shape index (κ2) is 10.5. The first-order valence-electron chi connectivity index (χ1n) is 10.2. The molecule has 0 spiro atoms. The van der Waals surface area contributed by atoms with E-state index in [2.05, 4.69) is 36.3 Å². The van der Waals surface area contributed by atoms with E-state index >= 15 is 0 Å². The first-order valence-corrected chi connectivity index (χ1v) is 10.2. The van der Waals surface area contributed by atoms with Crippen LogP contribution in [0.25, 0.3) is 0 Å². The average molecular weight is 374 g/mol. The highest BCUT2D eigenvalue weighted by Gasteiger charge is 2.26. The molecule has 1 aromatic rings. The van der Waals surface area contributed by atoms with Gasteiger partial charge < -0.3 is 10.6 Å².